The van der Waals surface area contributed by atoms with Crippen LogP contribution in [0.25, 0.3) is 0 Å². The molecule has 2 rings (SSSR count). The molecule has 2 atom stereocenters. The number of carboxylic acids is 1. The predicted octanol–water partition coefficient (Wildman–Crippen LogP) is 7.92. The molecule has 0 aromatic heterocycles. The zero-order valence-corrected chi connectivity index (χ0v) is 20.4. The highest BCUT2D eigenvalue weighted by molar-refractivity contribution is 8.03. The second-order valence-electron chi connectivity index (χ2n) is 8.68. The monoisotopic (exact) mass is 456 g/mol. The molecule has 1 aromatic carbocycles. The number of aliphatic hydroxyl groups excluding tert-OH is 1. The summed E-state index contributed by atoms with van der Waals surface area (Å²) in [6.45, 7) is 2.19. The number of hydrogen-bond acceptors (Lipinski definition) is 3. The van der Waals surface area contributed by atoms with Crippen LogP contribution in [0, 0.1) is 5.92 Å². The van der Waals surface area contributed by atoms with E-state index in [4.69, 9.17) is 5.11 Å². The second kappa shape index (κ2) is 15.9. The van der Waals surface area contributed by atoms with E-state index in [1.165, 1.54) is 28.2 Å². The smallest absolute Gasteiger partial charge is 0.303 e. The highest BCUT2D eigenvalue weighted by atomic mass is 32.2. The molecule has 0 heterocycles. The van der Waals surface area contributed by atoms with Gasteiger partial charge in [-0.05, 0) is 42.7 Å². The van der Waals surface area contributed by atoms with E-state index in [1.54, 1.807) is 0 Å². The summed E-state index contributed by atoms with van der Waals surface area (Å²) in [5, 5.41) is 19.0. The van der Waals surface area contributed by atoms with Crippen LogP contribution in [0.5, 0.6) is 0 Å². The summed E-state index contributed by atoms with van der Waals surface area (Å²) in [6.07, 6.45) is 20.4. The molecule has 1 aliphatic carbocycles. The Bertz CT molecular complexity index is 751. The highest BCUT2D eigenvalue weighted by Crippen LogP contribution is 2.40. The second-order valence-corrected chi connectivity index (χ2v) is 9.88. The molecule has 2 N–H and O–H groups in total. The van der Waals surface area contributed by atoms with E-state index >= 15 is 0 Å². The van der Waals surface area contributed by atoms with Gasteiger partial charge >= 0.3 is 5.97 Å². The Morgan fingerprint density at radius 3 is 2.59 bits per heavy atom. The third-order valence-electron chi connectivity index (χ3n) is 5.81. The molecule has 2 unspecified atom stereocenters. The van der Waals surface area contributed by atoms with Gasteiger partial charge in [-0.15, -0.1) is 0 Å². The molecule has 1 aromatic rings. The minimum absolute atomic E-state index is 0.276. The van der Waals surface area contributed by atoms with Crippen molar-refractivity contribution in [3.63, 3.8) is 0 Å². The maximum Gasteiger partial charge on any atom is 0.303 e. The SMILES string of the molecule is CCCCCC(O)C=CC1C=C(Sc2ccccc2)CC1=CCCCCCCCC(=O)O. The number of benzene rings is 1. The summed E-state index contributed by atoms with van der Waals surface area (Å²) in [7, 11) is 0. The van der Waals surface area contributed by atoms with Gasteiger partial charge in [0.15, 0.2) is 0 Å². The normalized spacial score (nSPS) is 18.4. The predicted molar refractivity (Wildman–Crippen MR) is 136 cm³/mol. The Kier molecular flexibility index (Phi) is 13.2. The summed E-state index contributed by atoms with van der Waals surface area (Å²) in [5.41, 5.74) is 1.44. The van der Waals surface area contributed by atoms with Crippen molar-refractivity contribution >= 4 is 17.7 Å². The minimum atomic E-state index is -0.692. The average molecular weight is 457 g/mol. The van der Waals surface area contributed by atoms with Crippen molar-refractivity contribution in [2.75, 3.05) is 0 Å². The summed E-state index contributed by atoms with van der Waals surface area (Å²) < 4.78 is 0. The van der Waals surface area contributed by atoms with Gasteiger partial charge in [-0.1, -0.05) is 105 Å². The average Bonchev–Trinajstić information content (AvgIpc) is 3.16. The zero-order chi connectivity index (χ0) is 23.0. The molecule has 0 fully saturated rings. The molecular weight excluding hydrogens is 416 g/mol. The van der Waals surface area contributed by atoms with Gasteiger partial charge in [0.1, 0.15) is 0 Å². The first-order valence-corrected chi connectivity index (χ1v) is 13.1. The van der Waals surface area contributed by atoms with Gasteiger partial charge in [-0.25, -0.2) is 0 Å². The number of allylic oxidation sites excluding steroid dienone is 5. The van der Waals surface area contributed by atoms with Crippen LogP contribution < -0.4 is 0 Å². The van der Waals surface area contributed by atoms with Crippen LogP contribution in [0.2, 0.25) is 0 Å². The summed E-state index contributed by atoms with van der Waals surface area (Å²) in [4.78, 5) is 13.2. The van der Waals surface area contributed by atoms with Gasteiger partial charge in [-0.2, -0.15) is 0 Å². The van der Waals surface area contributed by atoms with Crippen molar-refractivity contribution in [2.45, 2.75) is 95.0 Å². The van der Waals surface area contributed by atoms with Crippen LogP contribution >= 0.6 is 11.8 Å². The van der Waals surface area contributed by atoms with E-state index in [0.29, 0.717) is 0 Å². The van der Waals surface area contributed by atoms with Crippen molar-refractivity contribution in [1.29, 1.82) is 0 Å². The molecule has 0 aliphatic heterocycles. The van der Waals surface area contributed by atoms with Gasteiger partial charge in [0.2, 0.25) is 0 Å². The third-order valence-corrected chi connectivity index (χ3v) is 6.86. The Hall–Kier alpha value is -1.78. The molecule has 0 bridgehead atoms. The Labute approximate surface area is 198 Å². The maximum atomic E-state index is 10.6. The molecular formula is C28H40O3S. The lowest BCUT2D eigenvalue weighted by molar-refractivity contribution is -0.137. The largest absolute Gasteiger partial charge is 0.481 e. The fraction of sp³-hybridized carbons (Fsp3) is 0.536. The van der Waals surface area contributed by atoms with Crippen LogP contribution in [-0.2, 0) is 4.79 Å². The summed E-state index contributed by atoms with van der Waals surface area (Å²) >= 11 is 1.84. The number of aliphatic carboxylic acids is 1. The molecule has 0 saturated carbocycles. The molecule has 0 radical (unpaired) electrons. The number of carbonyl (C=O) groups is 1. The lowest BCUT2D eigenvalue weighted by atomic mass is 9.98. The van der Waals surface area contributed by atoms with E-state index in [2.05, 4.69) is 49.4 Å². The topological polar surface area (TPSA) is 57.5 Å². The highest BCUT2D eigenvalue weighted by Gasteiger charge is 2.20. The lowest BCUT2D eigenvalue weighted by Gasteiger charge is -2.09. The number of unbranched alkanes of at least 4 members (excludes halogenated alkanes) is 7. The first kappa shape index (κ1) is 26.5. The molecule has 176 valence electrons. The number of hydrogen-bond donors (Lipinski definition) is 2. The van der Waals surface area contributed by atoms with E-state index in [0.717, 1.165) is 57.8 Å². The quantitative estimate of drug-likeness (QED) is 0.196. The Morgan fingerprint density at radius 2 is 1.84 bits per heavy atom. The van der Waals surface area contributed by atoms with Crippen LogP contribution in [0.15, 0.2) is 70.0 Å². The Balaban J connectivity index is 1.87. The van der Waals surface area contributed by atoms with Gasteiger partial charge < -0.3 is 10.2 Å². The van der Waals surface area contributed by atoms with Gasteiger partial charge in [-0.3, -0.25) is 4.79 Å². The third kappa shape index (κ3) is 11.2. The zero-order valence-electron chi connectivity index (χ0n) is 19.5. The summed E-state index contributed by atoms with van der Waals surface area (Å²) in [5.74, 6) is -0.417. The summed E-state index contributed by atoms with van der Waals surface area (Å²) in [6, 6.07) is 10.5. The van der Waals surface area contributed by atoms with E-state index < -0.39 is 5.97 Å². The van der Waals surface area contributed by atoms with E-state index in [1.807, 2.05) is 23.9 Å². The first-order chi connectivity index (χ1) is 15.6. The van der Waals surface area contributed by atoms with Crippen LogP contribution in [-0.4, -0.2) is 22.3 Å². The first-order valence-electron chi connectivity index (χ1n) is 12.3. The number of carboxylic acid groups (broad SMARTS) is 1. The molecule has 3 nitrogen and oxygen atoms in total. The molecule has 1 aliphatic rings. The van der Waals surface area contributed by atoms with Gasteiger partial charge in [0.25, 0.3) is 0 Å². The molecule has 32 heavy (non-hydrogen) atoms. The van der Waals surface area contributed by atoms with Crippen molar-refractivity contribution in [2.24, 2.45) is 5.92 Å². The minimum Gasteiger partial charge on any atom is -0.481 e. The van der Waals surface area contributed by atoms with E-state index in [9.17, 15) is 9.90 Å². The van der Waals surface area contributed by atoms with E-state index in [-0.39, 0.29) is 18.4 Å². The fourth-order valence-electron chi connectivity index (χ4n) is 3.97. The number of aliphatic hydroxyl groups is 1. The van der Waals surface area contributed by atoms with Gasteiger partial charge in [0.05, 0.1) is 6.10 Å². The lowest BCUT2D eigenvalue weighted by Crippen LogP contribution is -2.03. The van der Waals surface area contributed by atoms with Crippen molar-refractivity contribution in [3.8, 4) is 0 Å². The van der Waals surface area contributed by atoms with Crippen LogP contribution in [0.3, 0.4) is 0 Å². The number of rotatable bonds is 16. The standard InChI is InChI=1S/C28H40O3S/c1-2-3-9-15-25(29)20-19-24-22-27(32-26-16-11-8-12-17-26)21-23(24)14-10-6-4-5-7-13-18-28(30)31/h8,11-12,14,16-17,19-20,22,24-25,29H,2-7,9-10,13,15,18,21H2,1H3,(H,30,31). The van der Waals surface area contributed by atoms with Crippen LogP contribution in [0.4, 0.5) is 0 Å². The van der Waals surface area contributed by atoms with Crippen molar-refractivity contribution < 1.29 is 15.0 Å². The van der Waals surface area contributed by atoms with Gasteiger partial charge in [0, 0.05) is 23.7 Å². The Morgan fingerprint density at radius 1 is 1.09 bits per heavy atom. The molecule has 0 spiro atoms. The molecule has 0 amide bonds. The number of thioether (sulfide) groups is 1. The fourth-order valence-corrected chi connectivity index (χ4v) is 5.02. The van der Waals surface area contributed by atoms with Crippen molar-refractivity contribution in [1.82, 2.24) is 0 Å². The molecule has 4 heteroatoms. The maximum absolute atomic E-state index is 10.6. The molecule has 0 saturated heterocycles. The van der Waals surface area contributed by atoms with Crippen LogP contribution in [0.1, 0.15) is 84.0 Å². The van der Waals surface area contributed by atoms with Crippen molar-refractivity contribution in [3.05, 3.63) is 65.1 Å².